The van der Waals surface area contributed by atoms with Crippen LogP contribution < -0.4 is 9.62 Å². The lowest BCUT2D eigenvalue weighted by Gasteiger charge is -2.26. The number of esters is 1. The van der Waals surface area contributed by atoms with Crippen LogP contribution in [0, 0.1) is 0 Å². The third kappa shape index (κ3) is 4.84. The number of hydrogen-bond acceptors (Lipinski definition) is 6. The molecule has 3 aromatic rings. The van der Waals surface area contributed by atoms with Gasteiger partial charge in [0, 0.05) is 11.7 Å². The number of amides is 1. The van der Waals surface area contributed by atoms with Gasteiger partial charge in [0.2, 0.25) is 10.0 Å². The molecule has 172 valence electrons. The third-order valence-electron chi connectivity index (χ3n) is 5.49. The number of sulfonamides is 1. The highest BCUT2D eigenvalue weighted by Gasteiger charge is 2.34. The standard InChI is InChI=1S/C24H24N2O6S/c1-16-14-19-6-3-4-8-22(19)26(16)23(27)17(2)32-24(28)18-9-11-21(12-10-18)33(29,30)25-15-20-7-5-13-31-20/h3-13,16-17,25H,14-15H2,1-2H3/t16-,17-/m0/s1. The fraction of sp³-hybridized carbons (Fsp3) is 0.250. The number of benzene rings is 2. The largest absolute Gasteiger partial charge is 0.468 e. The fourth-order valence-corrected chi connectivity index (χ4v) is 4.80. The predicted molar refractivity (Wildman–Crippen MR) is 121 cm³/mol. The SMILES string of the molecule is C[C@H](OC(=O)c1ccc(S(=O)(=O)NCc2ccco2)cc1)C(=O)N1c2ccccc2C[C@@H]1C. The van der Waals surface area contributed by atoms with Gasteiger partial charge in [0.1, 0.15) is 5.76 Å². The number of nitrogens with zero attached hydrogens (tertiary/aromatic N) is 1. The molecule has 2 aromatic carbocycles. The van der Waals surface area contributed by atoms with Crippen LogP contribution in [0.1, 0.15) is 35.5 Å². The highest BCUT2D eigenvalue weighted by molar-refractivity contribution is 7.89. The van der Waals surface area contributed by atoms with E-state index in [0.29, 0.717) is 5.76 Å². The summed E-state index contributed by atoms with van der Waals surface area (Å²) in [5, 5.41) is 0. The molecule has 0 radical (unpaired) electrons. The fourth-order valence-electron chi connectivity index (χ4n) is 3.81. The van der Waals surface area contributed by atoms with Crippen LogP contribution in [0.25, 0.3) is 0 Å². The number of fused-ring (bicyclic) bond motifs is 1. The zero-order chi connectivity index (χ0) is 23.6. The second-order valence-electron chi connectivity index (χ2n) is 7.87. The zero-order valence-electron chi connectivity index (χ0n) is 18.2. The minimum atomic E-state index is -3.78. The second kappa shape index (κ2) is 9.21. The van der Waals surface area contributed by atoms with Crippen LogP contribution in [0.15, 0.2) is 76.2 Å². The number of anilines is 1. The molecule has 0 fully saturated rings. The van der Waals surface area contributed by atoms with E-state index in [4.69, 9.17) is 9.15 Å². The summed E-state index contributed by atoms with van der Waals surface area (Å²) in [5.74, 6) is -0.530. The molecule has 0 bridgehead atoms. The van der Waals surface area contributed by atoms with Crippen molar-refractivity contribution in [3.05, 3.63) is 83.8 Å². The summed E-state index contributed by atoms with van der Waals surface area (Å²) in [6.45, 7) is 3.49. The maximum Gasteiger partial charge on any atom is 0.338 e. The van der Waals surface area contributed by atoms with Crippen molar-refractivity contribution >= 4 is 27.6 Å². The molecule has 0 saturated heterocycles. The Labute approximate surface area is 192 Å². The van der Waals surface area contributed by atoms with Gasteiger partial charge in [-0.1, -0.05) is 18.2 Å². The number of carbonyl (C=O) groups excluding carboxylic acids is 2. The second-order valence-corrected chi connectivity index (χ2v) is 9.63. The Kier molecular flexibility index (Phi) is 6.35. The minimum absolute atomic E-state index is 0.00257. The van der Waals surface area contributed by atoms with Crippen molar-refractivity contribution in [2.75, 3.05) is 4.90 Å². The summed E-state index contributed by atoms with van der Waals surface area (Å²) in [7, 11) is -3.78. The van der Waals surface area contributed by atoms with Crippen molar-refractivity contribution < 1.29 is 27.2 Å². The van der Waals surface area contributed by atoms with Gasteiger partial charge in [-0.05, 0) is 68.3 Å². The van der Waals surface area contributed by atoms with Gasteiger partial charge >= 0.3 is 5.97 Å². The molecule has 0 spiro atoms. The van der Waals surface area contributed by atoms with Gasteiger partial charge in [0.25, 0.3) is 5.91 Å². The predicted octanol–water partition coefficient (Wildman–Crippen LogP) is 3.28. The lowest BCUT2D eigenvalue weighted by Crippen LogP contribution is -2.43. The van der Waals surface area contributed by atoms with E-state index in [1.807, 2.05) is 31.2 Å². The molecule has 0 saturated carbocycles. The van der Waals surface area contributed by atoms with Crippen LogP contribution in [0.4, 0.5) is 5.69 Å². The molecule has 1 amide bonds. The molecule has 9 heteroatoms. The molecule has 1 aliphatic heterocycles. The smallest absolute Gasteiger partial charge is 0.338 e. The summed E-state index contributed by atoms with van der Waals surface area (Å²) in [4.78, 5) is 27.2. The average molecular weight is 469 g/mol. The molecule has 4 rings (SSSR count). The van der Waals surface area contributed by atoms with Crippen molar-refractivity contribution in [2.45, 2.75) is 43.9 Å². The highest BCUT2D eigenvalue weighted by Crippen LogP contribution is 2.32. The molecular formula is C24H24N2O6S. The molecule has 1 aliphatic rings. The first-order chi connectivity index (χ1) is 15.8. The summed E-state index contributed by atoms with van der Waals surface area (Å²) in [5.41, 5.74) is 2.05. The Hall–Kier alpha value is -3.43. The van der Waals surface area contributed by atoms with Crippen molar-refractivity contribution in [1.82, 2.24) is 4.72 Å². The maximum atomic E-state index is 13.0. The molecule has 0 aliphatic carbocycles. The number of para-hydroxylation sites is 1. The summed E-state index contributed by atoms with van der Waals surface area (Å²) >= 11 is 0. The van der Waals surface area contributed by atoms with Crippen LogP contribution >= 0.6 is 0 Å². The molecule has 8 nitrogen and oxygen atoms in total. The Balaban J connectivity index is 1.40. The number of furan rings is 1. The number of carbonyl (C=O) groups is 2. The van der Waals surface area contributed by atoms with E-state index in [1.165, 1.54) is 37.5 Å². The first kappa shape index (κ1) is 22.8. The summed E-state index contributed by atoms with van der Waals surface area (Å²) in [6, 6.07) is 16.3. The number of rotatable bonds is 7. The van der Waals surface area contributed by atoms with Gasteiger partial charge in [0.05, 0.1) is 23.3 Å². The lowest BCUT2D eigenvalue weighted by molar-refractivity contribution is -0.126. The third-order valence-corrected chi connectivity index (χ3v) is 6.91. The topological polar surface area (TPSA) is 106 Å². The molecule has 1 N–H and O–H groups in total. The van der Waals surface area contributed by atoms with Crippen molar-refractivity contribution in [3.63, 3.8) is 0 Å². The van der Waals surface area contributed by atoms with E-state index in [-0.39, 0.29) is 29.0 Å². The Bertz CT molecular complexity index is 1250. The zero-order valence-corrected chi connectivity index (χ0v) is 19.0. The normalized spacial score (nSPS) is 16.3. The van der Waals surface area contributed by atoms with E-state index in [0.717, 1.165) is 17.7 Å². The Morgan fingerprint density at radius 1 is 1.12 bits per heavy atom. The van der Waals surface area contributed by atoms with E-state index >= 15 is 0 Å². The van der Waals surface area contributed by atoms with E-state index < -0.39 is 22.1 Å². The Morgan fingerprint density at radius 3 is 2.55 bits per heavy atom. The molecule has 1 aromatic heterocycles. The van der Waals surface area contributed by atoms with Gasteiger partial charge in [-0.15, -0.1) is 0 Å². The van der Waals surface area contributed by atoms with E-state index in [1.54, 1.807) is 17.0 Å². The van der Waals surface area contributed by atoms with Crippen LogP contribution in [0.3, 0.4) is 0 Å². The minimum Gasteiger partial charge on any atom is -0.468 e. The van der Waals surface area contributed by atoms with Gasteiger partial charge in [-0.3, -0.25) is 4.79 Å². The van der Waals surface area contributed by atoms with E-state index in [2.05, 4.69) is 4.72 Å². The van der Waals surface area contributed by atoms with Gasteiger partial charge in [-0.25, -0.2) is 17.9 Å². The molecular weight excluding hydrogens is 444 g/mol. The van der Waals surface area contributed by atoms with Crippen LogP contribution in [0.2, 0.25) is 0 Å². The summed E-state index contributed by atoms with van der Waals surface area (Å²) in [6.07, 6.45) is 1.20. The van der Waals surface area contributed by atoms with Crippen molar-refractivity contribution in [1.29, 1.82) is 0 Å². The molecule has 2 atom stereocenters. The average Bonchev–Trinajstić information content (AvgIpc) is 3.44. The molecule has 0 unspecified atom stereocenters. The summed E-state index contributed by atoms with van der Waals surface area (Å²) < 4.78 is 37.8. The van der Waals surface area contributed by atoms with Crippen LogP contribution in [-0.4, -0.2) is 32.4 Å². The van der Waals surface area contributed by atoms with Crippen molar-refractivity contribution in [3.8, 4) is 0 Å². The quantitative estimate of drug-likeness (QED) is 0.534. The maximum absolute atomic E-state index is 13.0. The number of hydrogen-bond donors (Lipinski definition) is 1. The van der Waals surface area contributed by atoms with E-state index in [9.17, 15) is 18.0 Å². The molecule has 2 heterocycles. The highest BCUT2D eigenvalue weighted by atomic mass is 32.2. The van der Waals surface area contributed by atoms with Crippen LogP contribution in [0.5, 0.6) is 0 Å². The van der Waals surface area contributed by atoms with Crippen LogP contribution in [-0.2, 0) is 32.5 Å². The monoisotopic (exact) mass is 468 g/mol. The van der Waals surface area contributed by atoms with Crippen molar-refractivity contribution in [2.24, 2.45) is 0 Å². The molecule has 33 heavy (non-hydrogen) atoms. The first-order valence-electron chi connectivity index (χ1n) is 10.5. The van der Waals surface area contributed by atoms with Gasteiger partial charge < -0.3 is 14.1 Å². The number of nitrogens with one attached hydrogen (secondary N) is 1. The number of ether oxygens (including phenoxy) is 1. The van der Waals surface area contributed by atoms with Gasteiger partial charge in [-0.2, -0.15) is 0 Å². The van der Waals surface area contributed by atoms with Gasteiger partial charge in [0.15, 0.2) is 6.10 Å². The lowest BCUT2D eigenvalue weighted by atomic mass is 10.1. The Morgan fingerprint density at radius 2 is 1.85 bits per heavy atom. The first-order valence-corrected chi connectivity index (χ1v) is 12.0.